The smallest absolute Gasteiger partial charge is 0.259 e. The van der Waals surface area contributed by atoms with Gasteiger partial charge in [-0.3, -0.25) is 4.79 Å². The number of carbonyl (C=O) groups is 1. The minimum atomic E-state index is -0.278. The van der Waals surface area contributed by atoms with E-state index in [0.29, 0.717) is 16.3 Å². The zero-order valence-electron chi connectivity index (χ0n) is 10.2. The predicted octanol–water partition coefficient (Wildman–Crippen LogP) is 5.08. The molecule has 3 nitrogen and oxygen atoms in total. The van der Waals surface area contributed by atoms with Crippen molar-refractivity contribution in [3.63, 3.8) is 0 Å². The van der Waals surface area contributed by atoms with Gasteiger partial charge in [-0.15, -0.1) is 0 Å². The van der Waals surface area contributed by atoms with Gasteiger partial charge in [-0.2, -0.15) is 0 Å². The number of aromatic nitrogens is 1. The lowest BCUT2D eigenvalue weighted by Crippen LogP contribution is -2.26. The van der Waals surface area contributed by atoms with Gasteiger partial charge in [-0.05, 0) is 24.3 Å². The van der Waals surface area contributed by atoms with Gasteiger partial charge in [0.25, 0.3) is 5.91 Å². The van der Waals surface area contributed by atoms with Gasteiger partial charge in [-0.25, -0.2) is 4.98 Å². The summed E-state index contributed by atoms with van der Waals surface area (Å²) in [6, 6.07) is 6.74. The number of halogens is 4. The first kappa shape index (κ1) is 15.6. The molecule has 104 valence electrons. The van der Waals surface area contributed by atoms with Crippen LogP contribution in [-0.4, -0.2) is 17.9 Å². The summed E-state index contributed by atoms with van der Waals surface area (Å²) in [5, 5.41) is 0.851. The van der Waals surface area contributed by atoms with Crippen LogP contribution < -0.4 is 4.90 Å². The first-order chi connectivity index (χ1) is 9.40. The van der Waals surface area contributed by atoms with Crippen LogP contribution in [0.5, 0.6) is 0 Å². The summed E-state index contributed by atoms with van der Waals surface area (Å²) in [5.41, 5.74) is 0.923. The molecular weight excluding hydrogens is 386 g/mol. The van der Waals surface area contributed by atoms with E-state index in [-0.39, 0.29) is 16.1 Å². The molecular formula is C13H8BrCl3N2O. The minimum absolute atomic E-state index is 0.160. The summed E-state index contributed by atoms with van der Waals surface area (Å²) in [5.74, 6) is -0.278. The molecule has 0 N–H and O–H groups in total. The van der Waals surface area contributed by atoms with Gasteiger partial charge in [0.15, 0.2) is 0 Å². The SMILES string of the molecule is CN(C(=O)c1cnc(Cl)c(Cl)c1)c1ccc(Br)cc1Cl. The fourth-order valence-corrected chi connectivity index (χ4v) is 2.66. The fourth-order valence-electron chi connectivity index (χ4n) is 1.59. The molecule has 0 spiro atoms. The average molecular weight is 394 g/mol. The van der Waals surface area contributed by atoms with Crippen molar-refractivity contribution in [1.29, 1.82) is 0 Å². The maximum atomic E-state index is 12.4. The van der Waals surface area contributed by atoms with Crippen LogP contribution in [-0.2, 0) is 0 Å². The minimum Gasteiger partial charge on any atom is -0.310 e. The molecule has 0 unspecified atom stereocenters. The highest BCUT2D eigenvalue weighted by Crippen LogP contribution is 2.29. The van der Waals surface area contributed by atoms with Crippen LogP contribution in [0.25, 0.3) is 0 Å². The molecule has 0 atom stereocenters. The summed E-state index contributed by atoms with van der Waals surface area (Å²) >= 11 is 21.0. The van der Waals surface area contributed by atoms with Crippen molar-refractivity contribution in [3.05, 3.63) is 55.7 Å². The third-order valence-electron chi connectivity index (χ3n) is 2.62. The Hall–Kier alpha value is -0.810. The number of hydrogen-bond donors (Lipinski definition) is 0. The normalized spacial score (nSPS) is 10.4. The summed E-state index contributed by atoms with van der Waals surface area (Å²) < 4.78 is 0.836. The van der Waals surface area contributed by atoms with Crippen LogP contribution in [0.4, 0.5) is 5.69 Å². The van der Waals surface area contributed by atoms with Gasteiger partial charge < -0.3 is 4.90 Å². The molecule has 1 amide bonds. The first-order valence-corrected chi connectivity index (χ1v) is 7.37. The highest BCUT2D eigenvalue weighted by Gasteiger charge is 2.17. The van der Waals surface area contributed by atoms with Gasteiger partial charge in [0.2, 0.25) is 0 Å². The molecule has 1 aromatic carbocycles. The molecule has 0 bridgehead atoms. The van der Waals surface area contributed by atoms with E-state index >= 15 is 0 Å². The maximum absolute atomic E-state index is 12.4. The molecule has 0 saturated carbocycles. The van der Waals surface area contributed by atoms with Gasteiger partial charge in [0.05, 0.1) is 21.3 Å². The molecule has 0 aliphatic heterocycles. The van der Waals surface area contributed by atoms with E-state index in [1.54, 1.807) is 25.2 Å². The number of rotatable bonds is 2. The molecule has 2 rings (SSSR count). The van der Waals surface area contributed by atoms with Gasteiger partial charge in [0.1, 0.15) is 5.15 Å². The molecule has 20 heavy (non-hydrogen) atoms. The van der Waals surface area contributed by atoms with Crippen LogP contribution in [0.2, 0.25) is 15.2 Å². The van der Waals surface area contributed by atoms with Crippen LogP contribution >= 0.6 is 50.7 Å². The molecule has 0 aliphatic rings. The number of benzene rings is 1. The largest absolute Gasteiger partial charge is 0.310 e. The lowest BCUT2D eigenvalue weighted by Gasteiger charge is -2.19. The molecule has 1 aromatic heterocycles. The van der Waals surface area contributed by atoms with Crippen molar-refractivity contribution < 1.29 is 4.79 Å². The number of anilines is 1. The highest BCUT2D eigenvalue weighted by atomic mass is 79.9. The van der Waals surface area contributed by atoms with Crippen LogP contribution in [0, 0.1) is 0 Å². The number of nitrogens with zero attached hydrogens (tertiary/aromatic N) is 2. The predicted molar refractivity (Wildman–Crippen MR) is 86.1 cm³/mol. The number of amides is 1. The van der Waals surface area contributed by atoms with E-state index in [4.69, 9.17) is 34.8 Å². The third kappa shape index (κ3) is 3.26. The van der Waals surface area contributed by atoms with Crippen molar-refractivity contribution in [3.8, 4) is 0 Å². The first-order valence-electron chi connectivity index (χ1n) is 5.44. The second kappa shape index (κ2) is 6.31. The van der Waals surface area contributed by atoms with E-state index in [1.807, 2.05) is 0 Å². The lowest BCUT2D eigenvalue weighted by atomic mass is 10.2. The second-order valence-corrected chi connectivity index (χ2v) is 6.04. The van der Waals surface area contributed by atoms with Gasteiger partial charge in [-0.1, -0.05) is 50.7 Å². The number of pyridine rings is 1. The number of carbonyl (C=O) groups excluding carboxylic acids is 1. The second-order valence-electron chi connectivity index (χ2n) is 3.96. The molecule has 2 aromatic rings. The molecule has 0 saturated heterocycles. The van der Waals surface area contributed by atoms with E-state index < -0.39 is 0 Å². The third-order valence-corrected chi connectivity index (χ3v) is 4.10. The van der Waals surface area contributed by atoms with Gasteiger partial charge in [0, 0.05) is 17.7 Å². The van der Waals surface area contributed by atoms with Crippen molar-refractivity contribution >= 4 is 62.3 Å². The van der Waals surface area contributed by atoms with E-state index in [2.05, 4.69) is 20.9 Å². The zero-order chi connectivity index (χ0) is 14.9. The zero-order valence-corrected chi connectivity index (χ0v) is 14.1. The maximum Gasteiger partial charge on any atom is 0.259 e. The lowest BCUT2D eigenvalue weighted by molar-refractivity contribution is 0.0992. The Morgan fingerprint density at radius 1 is 1.20 bits per heavy atom. The van der Waals surface area contributed by atoms with Crippen LogP contribution in [0.15, 0.2) is 34.9 Å². The fraction of sp³-hybridized carbons (Fsp3) is 0.0769. The number of hydrogen-bond acceptors (Lipinski definition) is 2. The molecule has 7 heteroatoms. The summed E-state index contributed by atoms with van der Waals surface area (Å²) in [6.07, 6.45) is 1.37. The van der Waals surface area contributed by atoms with E-state index in [9.17, 15) is 4.79 Å². The molecule has 1 heterocycles. The molecule has 0 radical (unpaired) electrons. The summed E-state index contributed by atoms with van der Waals surface area (Å²) in [4.78, 5) is 17.6. The monoisotopic (exact) mass is 392 g/mol. The Balaban J connectivity index is 2.34. The molecule has 0 fully saturated rings. The van der Waals surface area contributed by atoms with Crippen LogP contribution in [0.3, 0.4) is 0 Å². The highest BCUT2D eigenvalue weighted by molar-refractivity contribution is 9.10. The Morgan fingerprint density at radius 2 is 1.90 bits per heavy atom. The molecule has 0 aliphatic carbocycles. The Labute approximate surface area is 139 Å². The Bertz CT molecular complexity index is 679. The van der Waals surface area contributed by atoms with E-state index in [0.717, 1.165) is 4.47 Å². The van der Waals surface area contributed by atoms with Gasteiger partial charge >= 0.3 is 0 Å². The topological polar surface area (TPSA) is 33.2 Å². The summed E-state index contributed by atoms with van der Waals surface area (Å²) in [7, 11) is 1.62. The average Bonchev–Trinajstić information content (AvgIpc) is 2.40. The van der Waals surface area contributed by atoms with Crippen molar-refractivity contribution in [2.45, 2.75) is 0 Å². The van der Waals surface area contributed by atoms with Crippen LogP contribution in [0.1, 0.15) is 10.4 Å². The quantitative estimate of drug-likeness (QED) is 0.666. The Morgan fingerprint density at radius 3 is 2.50 bits per heavy atom. The van der Waals surface area contributed by atoms with Crippen molar-refractivity contribution in [1.82, 2.24) is 4.98 Å². The summed E-state index contributed by atoms with van der Waals surface area (Å²) in [6.45, 7) is 0. The van der Waals surface area contributed by atoms with Crippen molar-refractivity contribution in [2.24, 2.45) is 0 Å². The van der Waals surface area contributed by atoms with Crippen molar-refractivity contribution in [2.75, 3.05) is 11.9 Å². The Kier molecular flexibility index (Phi) is 4.91. The standard InChI is InChI=1S/C13H8BrCl3N2O/c1-19(11-3-2-8(14)5-9(11)15)13(20)7-4-10(16)12(17)18-6-7/h2-6H,1H3. The van der Waals surface area contributed by atoms with E-state index in [1.165, 1.54) is 17.2 Å².